The Morgan fingerprint density at radius 3 is 2.52 bits per heavy atom. The highest BCUT2D eigenvalue weighted by Gasteiger charge is 2.18. The smallest absolute Gasteiger partial charge is 0.150 e. The molecule has 3 rings (SSSR count). The first-order valence-corrected chi connectivity index (χ1v) is 9.78. The van der Waals surface area contributed by atoms with Gasteiger partial charge in [0.05, 0.1) is 17.6 Å². The molecule has 0 aliphatic carbocycles. The quantitative estimate of drug-likeness (QED) is 0.574. The van der Waals surface area contributed by atoms with E-state index >= 15 is 0 Å². The predicted octanol–water partition coefficient (Wildman–Crippen LogP) is 4.54. The second kappa shape index (κ2) is 9.34. The Morgan fingerprint density at radius 1 is 1.00 bits per heavy atom. The number of aldehydes is 1. The number of nitrogen functional groups attached to an aromatic ring is 1. The summed E-state index contributed by atoms with van der Waals surface area (Å²) in [4.78, 5) is 20.4. The maximum Gasteiger partial charge on any atom is 0.150 e. The van der Waals surface area contributed by atoms with Gasteiger partial charge in [0.1, 0.15) is 0 Å². The maximum atomic E-state index is 11.7. The highest BCUT2D eigenvalue weighted by molar-refractivity contribution is 5.93. The number of aryl methyl sites for hydroxylation is 1. The van der Waals surface area contributed by atoms with Crippen LogP contribution in [0.2, 0.25) is 0 Å². The number of anilines is 3. The number of rotatable bonds is 8. The molecule has 0 amide bonds. The van der Waals surface area contributed by atoms with Crippen molar-refractivity contribution in [2.75, 3.05) is 37.8 Å². The van der Waals surface area contributed by atoms with E-state index in [2.05, 4.69) is 54.0 Å². The Morgan fingerprint density at radius 2 is 1.79 bits per heavy atom. The lowest BCUT2D eigenvalue weighted by Gasteiger charge is -2.29. The van der Waals surface area contributed by atoms with Crippen LogP contribution in [0, 0.1) is 6.92 Å². The topological polar surface area (TPSA) is 62.5 Å². The molecule has 0 unspecified atom stereocenters. The number of pyridine rings is 1. The zero-order chi connectivity index (χ0) is 20.8. The number of nitrogens with two attached hydrogens (primary N) is 1. The Hall–Kier alpha value is -3.18. The van der Waals surface area contributed by atoms with Crippen LogP contribution in [-0.4, -0.2) is 43.4 Å². The van der Waals surface area contributed by atoms with Crippen LogP contribution in [-0.2, 0) is 0 Å². The van der Waals surface area contributed by atoms with Crippen molar-refractivity contribution < 1.29 is 4.79 Å². The van der Waals surface area contributed by atoms with Gasteiger partial charge in [0.15, 0.2) is 6.29 Å². The minimum atomic E-state index is 0.673. The Bertz CT molecular complexity index is 984. The molecule has 5 heteroatoms. The lowest BCUT2D eigenvalue weighted by molar-refractivity contribution is 0.112. The predicted molar refractivity (Wildman–Crippen MR) is 121 cm³/mol. The molecule has 0 atom stereocenters. The molecule has 150 valence electrons. The molecule has 0 saturated carbocycles. The van der Waals surface area contributed by atoms with Crippen molar-refractivity contribution in [1.82, 2.24) is 9.88 Å². The van der Waals surface area contributed by atoms with E-state index in [1.165, 1.54) is 0 Å². The molecule has 2 N–H and O–H groups in total. The van der Waals surface area contributed by atoms with Crippen LogP contribution >= 0.6 is 0 Å². The summed E-state index contributed by atoms with van der Waals surface area (Å²) in [6, 6.07) is 15.8. The van der Waals surface area contributed by atoms with Gasteiger partial charge in [-0.15, -0.1) is 0 Å². The van der Waals surface area contributed by atoms with Gasteiger partial charge in [0.2, 0.25) is 0 Å². The summed E-state index contributed by atoms with van der Waals surface area (Å²) >= 11 is 0. The van der Waals surface area contributed by atoms with Crippen molar-refractivity contribution in [2.24, 2.45) is 0 Å². The SMILES string of the molecule is Cc1ccc(N(CCCN(C)C)c2cnccc2N)c(-c2ccccc2C=O)c1. The molecule has 0 aliphatic rings. The molecule has 29 heavy (non-hydrogen) atoms. The van der Waals surface area contributed by atoms with E-state index in [9.17, 15) is 4.79 Å². The first kappa shape index (κ1) is 20.6. The largest absolute Gasteiger partial charge is 0.397 e. The van der Waals surface area contributed by atoms with Crippen LogP contribution in [0.1, 0.15) is 22.3 Å². The van der Waals surface area contributed by atoms with Gasteiger partial charge in [0.25, 0.3) is 0 Å². The second-order valence-corrected chi connectivity index (χ2v) is 7.47. The molecule has 3 aromatic rings. The van der Waals surface area contributed by atoms with Crippen LogP contribution < -0.4 is 10.6 Å². The third kappa shape index (κ3) is 4.81. The molecule has 0 aliphatic heterocycles. The molecule has 0 saturated heterocycles. The first-order chi connectivity index (χ1) is 14.0. The number of nitrogens with zero attached hydrogens (tertiary/aromatic N) is 3. The van der Waals surface area contributed by atoms with Crippen molar-refractivity contribution in [2.45, 2.75) is 13.3 Å². The average Bonchev–Trinajstić information content (AvgIpc) is 2.72. The fourth-order valence-electron chi connectivity index (χ4n) is 3.48. The molecular weight excluding hydrogens is 360 g/mol. The minimum absolute atomic E-state index is 0.673. The van der Waals surface area contributed by atoms with Gasteiger partial charge in [-0.25, -0.2) is 0 Å². The number of aromatic nitrogens is 1. The Balaban J connectivity index is 2.15. The highest BCUT2D eigenvalue weighted by Crippen LogP contribution is 2.38. The molecular formula is C24H28N4O. The molecule has 2 aromatic carbocycles. The number of carbonyl (C=O) groups excluding carboxylic acids is 1. The normalized spacial score (nSPS) is 10.9. The van der Waals surface area contributed by atoms with E-state index in [0.717, 1.165) is 53.9 Å². The van der Waals surface area contributed by atoms with Crippen molar-refractivity contribution in [1.29, 1.82) is 0 Å². The van der Waals surface area contributed by atoms with Gasteiger partial charge in [-0.05, 0) is 57.7 Å². The zero-order valence-electron chi connectivity index (χ0n) is 17.3. The van der Waals surface area contributed by atoms with E-state index in [1.54, 1.807) is 12.4 Å². The second-order valence-electron chi connectivity index (χ2n) is 7.47. The highest BCUT2D eigenvalue weighted by atomic mass is 16.1. The molecule has 0 spiro atoms. The third-order valence-electron chi connectivity index (χ3n) is 4.93. The van der Waals surface area contributed by atoms with Crippen LogP contribution in [0.4, 0.5) is 17.1 Å². The zero-order valence-corrected chi connectivity index (χ0v) is 17.3. The van der Waals surface area contributed by atoms with Gasteiger partial charge >= 0.3 is 0 Å². The summed E-state index contributed by atoms with van der Waals surface area (Å²) in [5, 5.41) is 0. The number of benzene rings is 2. The van der Waals surface area contributed by atoms with Crippen LogP contribution in [0.25, 0.3) is 11.1 Å². The number of carbonyl (C=O) groups is 1. The van der Waals surface area contributed by atoms with Crippen molar-refractivity contribution in [3.63, 3.8) is 0 Å². The fourth-order valence-corrected chi connectivity index (χ4v) is 3.48. The first-order valence-electron chi connectivity index (χ1n) is 9.78. The molecule has 0 fully saturated rings. The van der Waals surface area contributed by atoms with E-state index in [1.807, 2.05) is 30.3 Å². The van der Waals surface area contributed by atoms with E-state index in [-0.39, 0.29) is 0 Å². The standard InChI is InChI=1S/C24H28N4O/c1-18-9-10-23(21(15-18)20-8-5-4-7-19(20)17-29)28(14-6-13-27(2)3)24-16-26-12-11-22(24)25/h4-5,7-12,15-17H,6,13-14H2,1-3H3,(H2,25,26). The molecule has 1 aromatic heterocycles. The minimum Gasteiger partial charge on any atom is -0.397 e. The van der Waals surface area contributed by atoms with Gasteiger partial charge in [-0.2, -0.15) is 0 Å². The van der Waals surface area contributed by atoms with Gasteiger partial charge < -0.3 is 15.5 Å². The summed E-state index contributed by atoms with van der Waals surface area (Å²) < 4.78 is 0. The Kier molecular flexibility index (Phi) is 6.62. The summed E-state index contributed by atoms with van der Waals surface area (Å²) in [5.74, 6) is 0. The molecule has 0 bridgehead atoms. The lowest BCUT2D eigenvalue weighted by Crippen LogP contribution is -2.24. The Labute approximate surface area is 172 Å². The van der Waals surface area contributed by atoms with E-state index in [4.69, 9.17) is 5.73 Å². The van der Waals surface area contributed by atoms with Gasteiger partial charge in [-0.3, -0.25) is 9.78 Å². The molecule has 0 radical (unpaired) electrons. The summed E-state index contributed by atoms with van der Waals surface area (Å²) in [6.45, 7) is 3.81. The van der Waals surface area contributed by atoms with Crippen LogP contribution in [0.3, 0.4) is 0 Å². The van der Waals surface area contributed by atoms with Gasteiger partial charge in [0, 0.05) is 29.6 Å². The van der Waals surface area contributed by atoms with Crippen molar-refractivity contribution in [3.8, 4) is 11.1 Å². The molecule has 5 nitrogen and oxygen atoms in total. The summed E-state index contributed by atoms with van der Waals surface area (Å²) in [6.07, 6.45) is 5.38. The number of hydrogen-bond acceptors (Lipinski definition) is 5. The van der Waals surface area contributed by atoms with Gasteiger partial charge in [-0.1, -0.05) is 35.9 Å². The molecule has 1 heterocycles. The van der Waals surface area contributed by atoms with E-state index < -0.39 is 0 Å². The maximum absolute atomic E-state index is 11.7. The summed E-state index contributed by atoms with van der Waals surface area (Å²) in [5.41, 5.74) is 12.6. The summed E-state index contributed by atoms with van der Waals surface area (Å²) in [7, 11) is 4.14. The number of hydrogen-bond donors (Lipinski definition) is 1. The van der Waals surface area contributed by atoms with Crippen LogP contribution in [0.15, 0.2) is 60.9 Å². The third-order valence-corrected chi connectivity index (χ3v) is 4.93. The van der Waals surface area contributed by atoms with Crippen molar-refractivity contribution in [3.05, 3.63) is 72.1 Å². The average molecular weight is 389 g/mol. The van der Waals surface area contributed by atoms with E-state index in [0.29, 0.717) is 11.3 Å². The lowest BCUT2D eigenvalue weighted by atomic mass is 9.96. The monoisotopic (exact) mass is 388 g/mol. The fraction of sp³-hybridized carbons (Fsp3) is 0.250. The van der Waals surface area contributed by atoms with Crippen LogP contribution in [0.5, 0.6) is 0 Å². The van der Waals surface area contributed by atoms with Crippen molar-refractivity contribution >= 4 is 23.3 Å².